The lowest BCUT2D eigenvalue weighted by atomic mass is 9.96. The van der Waals surface area contributed by atoms with Gasteiger partial charge >= 0.3 is 0 Å². The lowest BCUT2D eigenvalue weighted by Gasteiger charge is -2.37. The molecule has 2 aliphatic rings. The van der Waals surface area contributed by atoms with Crippen LogP contribution in [-0.2, 0) is 13.0 Å². The lowest BCUT2D eigenvalue weighted by molar-refractivity contribution is 0.140. The van der Waals surface area contributed by atoms with Crippen LogP contribution in [-0.4, -0.2) is 29.6 Å². The third kappa shape index (κ3) is 2.91. The highest BCUT2D eigenvalue weighted by atomic mass is 15.2. The molecule has 0 amide bonds. The number of hydrogen-bond donors (Lipinski definition) is 1. The van der Waals surface area contributed by atoms with Gasteiger partial charge in [0.05, 0.1) is 0 Å². The van der Waals surface area contributed by atoms with Gasteiger partial charge in [0.15, 0.2) is 0 Å². The minimum absolute atomic E-state index is 0.781. The molecule has 0 spiro atoms. The second-order valence-electron chi connectivity index (χ2n) is 6.45. The number of nitrogens with zero attached hydrogens (tertiary/aromatic N) is 1. The molecular weight excluding hydrogens is 244 g/mol. The van der Waals surface area contributed by atoms with Crippen molar-refractivity contribution in [3.63, 3.8) is 0 Å². The highest BCUT2D eigenvalue weighted by molar-refractivity contribution is 5.27. The molecule has 0 saturated carbocycles. The van der Waals surface area contributed by atoms with E-state index in [1.54, 1.807) is 0 Å². The Morgan fingerprint density at radius 2 is 1.70 bits per heavy atom. The summed E-state index contributed by atoms with van der Waals surface area (Å²) < 4.78 is 0. The smallest absolute Gasteiger partial charge is 0.0239 e. The number of fused-ring (bicyclic) bond motifs is 2. The van der Waals surface area contributed by atoms with Crippen LogP contribution in [0.25, 0.3) is 0 Å². The molecule has 2 aliphatic heterocycles. The first-order chi connectivity index (χ1) is 9.80. The summed E-state index contributed by atoms with van der Waals surface area (Å²) >= 11 is 0. The fourth-order valence-electron chi connectivity index (χ4n) is 4.10. The zero-order valence-electron chi connectivity index (χ0n) is 12.9. The Hall–Kier alpha value is -0.860. The maximum atomic E-state index is 3.76. The van der Waals surface area contributed by atoms with E-state index in [0.29, 0.717) is 0 Å². The molecule has 2 heterocycles. The Morgan fingerprint density at radius 3 is 2.30 bits per heavy atom. The second kappa shape index (κ2) is 6.28. The quantitative estimate of drug-likeness (QED) is 0.884. The first-order valence-electron chi connectivity index (χ1n) is 8.37. The summed E-state index contributed by atoms with van der Waals surface area (Å²) in [5, 5.41) is 3.76. The summed E-state index contributed by atoms with van der Waals surface area (Å²) in [6.07, 6.45) is 6.62. The monoisotopic (exact) mass is 272 g/mol. The molecule has 0 aromatic heterocycles. The van der Waals surface area contributed by atoms with Crippen LogP contribution in [0, 0.1) is 0 Å². The number of benzene rings is 1. The molecular formula is C18H28N2. The maximum Gasteiger partial charge on any atom is 0.0239 e. The predicted molar refractivity (Wildman–Crippen MR) is 84.9 cm³/mol. The van der Waals surface area contributed by atoms with Gasteiger partial charge in [0.1, 0.15) is 0 Å². The Bertz CT molecular complexity index is 431. The van der Waals surface area contributed by atoms with Crippen molar-refractivity contribution < 1.29 is 0 Å². The van der Waals surface area contributed by atoms with E-state index in [0.717, 1.165) is 31.1 Å². The third-order valence-corrected chi connectivity index (χ3v) is 5.24. The normalized spacial score (nSPS) is 29.1. The average molecular weight is 272 g/mol. The van der Waals surface area contributed by atoms with Gasteiger partial charge in [0.25, 0.3) is 0 Å². The molecule has 0 aliphatic carbocycles. The van der Waals surface area contributed by atoms with Crippen LogP contribution in [0.4, 0.5) is 0 Å². The van der Waals surface area contributed by atoms with Crippen molar-refractivity contribution in [3.05, 3.63) is 35.4 Å². The average Bonchev–Trinajstić information content (AvgIpc) is 2.83. The predicted octanol–water partition coefficient (Wildman–Crippen LogP) is 3.35. The van der Waals surface area contributed by atoms with Crippen molar-refractivity contribution in [2.45, 2.75) is 70.6 Å². The van der Waals surface area contributed by atoms with Gasteiger partial charge in [-0.25, -0.2) is 0 Å². The zero-order valence-corrected chi connectivity index (χ0v) is 12.9. The second-order valence-corrected chi connectivity index (χ2v) is 6.45. The molecule has 1 aromatic rings. The Balaban J connectivity index is 1.70. The highest BCUT2D eigenvalue weighted by Gasteiger charge is 2.35. The van der Waals surface area contributed by atoms with Crippen molar-refractivity contribution in [1.82, 2.24) is 10.2 Å². The fourth-order valence-corrected chi connectivity index (χ4v) is 4.10. The standard InChI is InChI=1S/C18H28N2/c1-3-14-7-5-6-8-15(14)13-20(4-2)18-11-16-9-10-17(12-18)19-16/h5-8,16-19H,3-4,9-13H2,1-2H3. The molecule has 110 valence electrons. The maximum absolute atomic E-state index is 3.76. The van der Waals surface area contributed by atoms with E-state index in [2.05, 4.69) is 48.3 Å². The van der Waals surface area contributed by atoms with Gasteiger partial charge in [0, 0.05) is 24.7 Å². The van der Waals surface area contributed by atoms with Crippen LogP contribution >= 0.6 is 0 Å². The lowest BCUT2D eigenvalue weighted by Crippen LogP contribution is -2.48. The number of piperidine rings is 1. The summed E-state index contributed by atoms with van der Waals surface area (Å²) in [7, 11) is 0. The number of hydrogen-bond acceptors (Lipinski definition) is 2. The van der Waals surface area contributed by atoms with E-state index in [4.69, 9.17) is 0 Å². The summed E-state index contributed by atoms with van der Waals surface area (Å²) in [6.45, 7) is 6.88. The van der Waals surface area contributed by atoms with Crippen LogP contribution in [0.15, 0.2) is 24.3 Å². The van der Waals surface area contributed by atoms with E-state index < -0.39 is 0 Å². The third-order valence-electron chi connectivity index (χ3n) is 5.24. The van der Waals surface area contributed by atoms with E-state index in [1.165, 1.54) is 43.4 Å². The van der Waals surface area contributed by atoms with Crippen molar-refractivity contribution in [1.29, 1.82) is 0 Å². The molecule has 2 fully saturated rings. The fraction of sp³-hybridized carbons (Fsp3) is 0.667. The van der Waals surface area contributed by atoms with Crippen LogP contribution in [0.5, 0.6) is 0 Å². The van der Waals surface area contributed by atoms with Crippen LogP contribution in [0.3, 0.4) is 0 Å². The van der Waals surface area contributed by atoms with Gasteiger partial charge in [-0.05, 0) is 49.8 Å². The van der Waals surface area contributed by atoms with E-state index in [9.17, 15) is 0 Å². The zero-order chi connectivity index (χ0) is 13.9. The summed E-state index contributed by atoms with van der Waals surface area (Å²) in [6, 6.07) is 11.3. The Kier molecular flexibility index (Phi) is 4.42. The molecule has 2 saturated heterocycles. The van der Waals surface area contributed by atoms with Crippen molar-refractivity contribution in [3.8, 4) is 0 Å². The van der Waals surface area contributed by atoms with Crippen molar-refractivity contribution >= 4 is 0 Å². The molecule has 2 heteroatoms. The molecule has 2 bridgehead atoms. The van der Waals surface area contributed by atoms with Gasteiger partial charge in [0.2, 0.25) is 0 Å². The minimum Gasteiger partial charge on any atom is -0.311 e. The topological polar surface area (TPSA) is 15.3 Å². The summed E-state index contributed by atoms with van der Waals surface area (Å²) in [5.41, 5.74) is 3.05. The van der Waals surface area contributed by atoms with Crippen LogP contribution < -0.4 is 5.32 Å². The van der Waals surface area contributed by atoms with Gasteiger partial charge in [-0.2, -0.15) is 0 Å². The Morgan fingerprint density at radius 1 is 1.05 bits per heavy atom. The van der Waals surface area contributed by atoms with E-state index in [1.807, 2.05) is 0 Å². The molecule has 2 nitrogen and oxygen atoms in total. The number of nitrogens with one attached hydrogen (secondary N) is 1. The number of rotatable bonds is 5. The van der Waals surface area contributed by atoms with E-state index >= 15 is 0 Å². The molecule has 2 atom stereocenters. The molecule has 1 aromatic carbocycles. The highest BCUT2D eigenvalue weighted by Crippen LogP contribution is 2.30. The molecule has 2 unspecified atom stereocenters. The van der Waals surface area contributed by atoms with Gasteiger partial charge in [-0.15, -0.1) is 0 Å². The Labute approximate surface area is 123 Å². The number of aryl methyl sites for hydroxylation is 1. The first-order valence-corrected chi connectivity index (χ1v) is 8.37. The van der Waals surface area contributed by atoms with Crippen LogP contribution in [0.2, 0.25) is 0 Å². The molecule has 0 radical (unpaired) electrons. The summed E-state index contributed by atoms with van der Waals surface area (Å²) in [5.74, 6) is 0. The van der Waals surface area contributed by atoms with Gasteiger partial charge in [-0.1, -0.05) is 38.1 Å². The first kappa shape index (κ1) is 14.1. The minimum atomic E-state index is 0.781. The molecule has 1 N–H and O–H groups in total. The van der Waals surface area contributed by atoms with Crippen LogP contribution in [0.1, 0.15) is 50.7 Å². The summed E-state index contributed by atoms with van der Waals surface area (Å²) in [4.78, 5) is 2.71. The SMILES string of the molecule is CCc1ccccc1CN(CC)C1CC2CCC(C1)N2. The van der Waals surface area contributed by atoms with Crippen molar-refractivity contribution in [2.24, 2.45) is 0 Å². The van der Waals surface area contributed by atoms with Gasteiger partial charge in [-0.3, -0.25) is 4.90 Å². The van der Waals surface area contributed by atoms with Gasteiger partial charge < -0.3 is 5.32 Å². The van der Waals surface area contributed by atoms with E-state index in [-0.39, 0.29) is 0 Å². The molecule has 3 rings (SSSR count). The molecule has 20 heavy (non-hydrogen) atoms. The largest absolute Gasteiger partial charge is 0.311 e. The van der Waals surface area contributed by atoms with Crippen molar-refractivity contribution in [2.75, 3.05) is 6.54 Å².